The maximum atomic E-state index is 13.3. The van der Waals surface area contributed by atoms with Gasteiger partial charge in [0, 0.05) is 13.7 Å². The molecule has 0 aliphatic carbocycles. The lowest BCUT2D eigenvalue weighted by Gasteiger charge is -2.23. The van der Waals surface area contributed by atoms with E-state index in [2.05, 4.69) is 10.6 Å². The fourth-order valence-electron chi connectivity index (χ4n) is 1.35. The fourth-order valence-corrected chi connectivity index (χ4v) is 1.35. The third-order valence-electron chi connectivity index (χ3n) is 2.62. The Kier molecular flexibility index (Phi) is 5.38. The molecular weight excluding hydrogens is 254 g/mol. The third-order valence-corrected chi connectivity index (χ3v) is 2.62. The van der Waals surface area contributed by atoms with Gasteiger partial charge < -0.3 is 15.4 Å². The molecule has 4 nitrogen and oxygen atoms in total. The van der Waals surface area contributed by atoms with Crippen LogP contribution in [0.5, 0.6) is 0 Å². The van der Waals surface area contributed by atoms with Gasteiger partial charge in [0.2, 0.25) is 5.91 Å². The second-order valence-corrected chi connectivity index (χ2v) is 4.71. The van der Waals surface area contributed by atoms with E-state index in [9.17, 15) is 13.6 Å². The van der Waals surface area contributed by atoms with Gasteiger partial charge in [-0.1, -0.05) is 6.07 Å². The van der Waals surface area contributed by atoms with Crippen LogP contribution in [0, 0.1) is 11.6 Å². The van der Waals surface area contributed by atoms with E-state index in [0.29, 0.717) is 6.54 Å². The molecule has 0 saturated heterocycles. The quantitative estimate of drug-likeness (QED) is 0.832. The van der Waals surface area contributed by atoms with E-state index in [1.165, 1.54) is 6.07 Å². The van der Waals surface area contributed by atoms with Gasteiger partial charge in [-0.05, 0) is 26.0 Å². The van der Waals surface area contributed by atoms with E-state index in [1.54, 1.807) is 7.11 Å². The molecule has 0 atom stereocenters. The van der Waals surface area contributed by atoms with Crippen molar-refractivity contribution in [3.8, 4) is 0 Å². The van der Waals surface area contributed by atoms with Gasteiger partial charge in [-0.3, -0.25) is 4.79 Å². The zero-order chi connectivity index (χ0) is 14.5. The number of methoxy groups -OCH3 is 1. The van der Waals surface area contributed by atoms with Gasteiger partial charge in [-0.15, -0.1) is 0 Å². The molecule has 0 radical (unpaired) electrons. The van der Waals surface area contributed by atoms with E-state index in [4.69, 9.17) is 4.74 Å². The Labute approximate surface area is 111 Å². The largest absolute Gasteiger partial charge is 0.377 e. The first-order valence-electron chi connectivity index (χ1n) is 5.85. The maximum Gasteiger partial charge on any atom is 0.238 e. The number of halogens is 2. The molecular formula is C13H18F2N2O2. The number of ether oxygens (including phenoxy) is 1. The first kappa shape index (κ1) is 15.5. The lowest BCUT2D eigenvalue weighted by Crippen LogP contribution is -2.40. The number of carbonyl (C=O) groups is 1. The summed E-state index contributed by atoms with van der Waals surface area (Å²) in [5.74, 6) is -2.12. The standard InChI is InChI=1S/C13H18F2N2O2/c1-13(2,19-3)8-16-7-11(18)17-12-9(14)5-4-6-10(12)15/h4-6,16H,7-8H2,1-3H3,(H,17,18). The number of benzene rings is 1. The van der Waals surface area contributed by atoms with Gasteiger partial charge in [0.1, 0.15) is 17.3 Å². The highest BCUT2D eigenvalue weighted by atomic mass is 19.1. The molecule has 0 aromatic heterocycles. The molecule has 0 saturated carbocycles. The summed E-state index contributed by atoms with van der Waals surface area (Å²) in [5.41, 5.74) is -0.843. The highest BCUT2D eigenvalue weighted by molar-refractivity contribution is 5.92. The Hall–Kier alpha value is -1.53. The van der Waals surface area contributed by atoms with Crippen molar-refractivity contribution in [3.63, 3.8) is 0 Å². The highest BCUT2D eigenvalue weighted by Crippen LogP contribution is 2.17. The SMILES string of the molecule is COC(C)(C)CNCC(=O)Nc1c(F)cccc1F. The van der Waals surface area contributed by atoms with E-state index in [0.717, 1.165) is 12.1 Å². The van der Waals surface area contributed by atoms with Crippen molar-refractivity contribution in [2.24, 2.45) is 0 Å². The molecule has 0 aliphatic heterocycles. The number of amides is 1. The molecule has 0 fully saturated rings. The summed E-state index contributed by atoms with van der Waals surface area (Å²) in [4.78, 5) is 11.5. The summed E-state index contributed by atoms with van der Waals surface area (Å²) in [6.45, 7) is 4.10. The molecule has 106 valence electrons. The van der Waals surface area contributed by atoms with Crippen molar-refractivity contribution < 1.29 is 18.3 Å². The molecule has 0 bridgehead atoms. The Morgan fingerprint density at radius 2 is 1.89 bits per heavy atom. The molecule has 1 aromatic carbocycles. The van der Waals surface area contributed by atoms with E-state index >= 15 is 0 Å². The van der Waals surface area contributed by atoms with Crippen LogP contribution in [0.25, 0.3) is 0 Å². The summed E-state index contributed by atoms with van der Waals surface area (Å²) in [6, 6.07) is 3.40. The minimum atomic E-state index is -0.800. The van der Waals surface area contributed by atoms with Gasteiger partial charge in [0.25, 0.3) is 0 Å². The first-order valence-corrected chi connectivity index (χ1v) is 5.85. The van der Waals surface area contributed by atoms with Crippen molar-refractivity contribution in [1.82, 2.24) is 5.32 Å². The molecule has 2 N–H and O–H groups in total. The normalized spacial score (nSPS) is 11.4. The van der Waals surface area contributed by atoms with Gasteiger partial charge >= 0.3 is 0 Å². The minimum Gasteiger partial charge on any atom is -0.377 e. The Morgan fingerprint density at radius 1 is 1.32 bits per heavy atom. The molecule has 1 amide bonds. The molecule has 0 aliphatic rings. The zero-order valence-corrected chi connectivity index (χ0v) is 11.2. The number of para-hydroxylation sites is 1. The number of nitrogens with one attached hydrogen (secondary N) is 2. The predicted molar refractivity (Wildman–Crippen MR) is 68.9 cm³/mol. The Morgan fingerprint density at radius 3 is 2.42 bits per heavy atom. The second kappa shape index (κ2) is 6.58. The van der Waals surface area contributed by atoms with Crippen LogP contribution in [0.2, 0.25) is 0 Å². The van der Waals surface area contributed by atoms with Crippen LogP contribution in [0.3, 0.4) is 0 Å². The minimum absolute atomic E-state index is 0.0550. The Balaban J connectivity index is 2.48. The predicted octanol–water partition coefficient (Wildman–Crippen LogP) is 1.92. The van der Waals surface area contributed by atoms with Crippen molar-refractivity contribution in [3.05, 3.63) is 29.8 Å². The van der Waals surface area contributed by atoms with Crippen molar-refractivity contribution in [2.75, 3.05) is 25.5 Å². The van der Waals surface area contributed by atoms with Crippen LogP contribution in [0.4, 0.5) is 14.5 Å². The number of rotatable bonds is 6. The molecule has 0 spiro atoms. The molecule has 1 aromatic rings. The van der Waals surface area contributed by atoms with Crippen LogP contribution in [0.15, 0.2) is 18.2 Å². The molecule has 0 unspecified atom stereocenters. The monoisotopic (exact) mass is 272 g/mol. The van der Waals surface area contributed by atoms with Gasteiger partial charge in [0.15, 0.2) is 0 Å². The summed E-state index contributed by atoms with van der Waals surface area (Å²) in [7, 11) is 1.57. The molecule has 6 heteroatoms. The summed E-state index contributed by atoms with van der Waals surface area (Å²) in [5, 5.41) is 5.04. The van der Waals surface area contributed by atoms with Crippen LogP contribution >= 0.6 is 0 Å². The third kappa shape index (κ3) is 4.92. The summed E-state index contributed by atoms with van der Waals surface area (Å²) >= 11 is 0. The van der Waals surface area contributed by atoms with Crippen LogP contribution < -0.4 is 10.6 Å². The highest BCUT2D eigenvalue weighted by Gasteiger charge is 2.17. The second-order valence-electron chi connectivity index (χ2n) is 4.71. The fraction of sp³-hybridized carbons (Fsp3) is 0.462. The van der Waals surface area contributed by atoms with Gasteiger partial charge in [0.05, 0.1) is 12.1 Å². The lowest BCUT2D eigenvalue weighted by molar-refractivity contribution is -0.115. The van der Waals surface area contributed by atoms with Crippen molar-refractivity contribution >= 4 is 11.6 Å². The summed E-state index contributed by atoms with van der Waals surface area (Å²) < 4.78 is 31.7. The van der Waals surface area contributed by atoms with E-state index < -0.39 is 28.8 Å². The number of hydrogen-bond donors (Lipinski definition) is 2. The Bertz CT molecular complexity index is 430. The number of anilines is 1. The van der Waals surface area contributed by atoms with E-state index in [1.807, 2.05) is 13.8 Å². The first-order chi connectivity index (χ1) is 8.85. The van der Waals surface area contributed by atoms with Crippen LogP contribution in [-0.4, -0.2) is 31.7 Å². The number of carbonyl (C=O) groups excluding carboxylic acids is 1. The van der Waals surface area contributed by atoms with Crippen LogP contribution in [-0.2, 0) is 9.53 Å². The van der Waals surface area contributed by atoms with Crippen molar-refractivity contribution in [1.29, 1.82) is 0 Å². The van der Waals surface area contributed by atoms with E-state index in [-0.39, 0.29) is 6.54 Å². The smallest absolute Gasteiger partial charge is 0.238 e. The van der Waals surface area contributed by atoms with Gasteiger partial charge in [-0.25, -0.2) is 8.78 Å². The lowest BCUT2D eigenvalue weighted by atomic mass is 10.1. The topological polar surface area (TPSA) is 50.4 Å². The van der Waals surface area contributed by atoms with Crippen LogP contribution in [0.1, 0.15) is 13.8 Å². The summed E-state index contributed by atoms with van der Waals surface area (Å²) in [6.07, 6.45) is 0. The average molecular weight is 272 g/mol. The van der Waals surface area contributed by atoms with Crippen molar-refractivity contribution in [2.45, 2.75) is 19.4 Å². The molecule has 0 heterocycles. The average Bonchev–Trinajstić information content (AvgIpc) is 2.34. The zero-order valence-electron chi connectivity index (χ0n) is 11.2. The van der Waals surface area contributed by atoms with Gasteiger partial charge in [-0.2, -0.15) is 0 Å². The molecule has 19 heavy (non-hydrogen) atoms. The maximum absolute atomic E-state index is 13.3. The molecule has 1 rings (SSSR count). The number of hydrogen-bond acceptors (Lipinski definition) is 3.